The van der Waals surface area contributed by atoms with Crippen molar-refractivity contribution in [2.24, 2.45) is 4.99 Å². The molecule has 5 heteroatoms. The standard InChI is InChI=1S/C15H21N3O2/c1-10(2)16-14(19)17-12-7-5-11(6-8-12)13-18-15(3,4)9-20-13/h5-8,10H,9H2,1-4H3,(H2,16,17,19). The number of rotatable bonds is 3. The fourth-order valence-electron chi connectivity index (χ4n) is 1.86. The summed E-state index contributed by atoms with van der Waals surface area (Å²) in [6, 6.07) is 7.37. The van der Waals surface area contributed by atoms with Gasteiger partial charge in [-0.3, -0.25) is 0 Å². The van der Waals surface area contributed by atoms with Gasteiger partial charge in [0.25, 0.3) is 0 Å². The van der Waals surface area contributed by atoms with E-state index in [-0.39, 0.29) is 17.6 Å². The van der Waals surface area contributed by atoms with Crippen LogP contribution < -0.4 is 10.6 Å². The van der Waals surface area contributed by atoms with Gasteiger partial charge in [0.15, 0.2) is 0 Å². The van der Waals surface area contributed by atoms with E-state index in [0.29, 0.717) is 12.5 Å². The van der Waals surface area contributed by atoms with Gasteiger partial charge < -0.3 is 15.4 Å². The number of hydrogen-bond acceptors (Lipinski definition) is 3. The quantitative estimate of drug-likeness (QED) is 0.891. The van der Waals surface area contributed by atoms with Crippen LogP contribution in [0.2, 0.25) is 0 Å². The third kappa shape index (κ3) is 3.73. The molecule has 20 heavy (non-hydrogen) atoms. The Balaban J connectivity index is 2.02. The zero-order valence-corrected chi connectivity index (χ0v) is 12.4. The Morgan fingerprint density at radius 2 is 1.95 bits per heavy atom. The maximum atomic E-state index is 11.6. The Labute approximate surface area is 119 Å². The van der Waals surface area contributed by atoms with Crippen LogP contribution >= 0.6 is 0 Å². The number of anilines is 1. The largest absolute Gasteiger partial charge is 0.475 e. The molecule has 1 aromatic carbocycles. The molecule has 2 amide bonds. The van der Waals surface area contributed by atoms with Gasteiger partial charge in [-0.05, 0) is 52.0 Å². The van der Waals surface area contributed by atoms with Crippen molar-refractivity contribution in [2.45, 2.75) is 39.3 Å². The van der Waals surface area contributed by atoms with Gasteiger partial charge >= 0.3 is 6.03 Å². The Hall–Kier alpha value is -2.04. The van der Waals surface area contributed by atoms with Gasteiger partial charge in [0.1, 0.15) is 6.61 Å². The highest BCUT2D eigenvalue weighted by Crippen LogP contribution is 2.21. The molecular formula is C15H21N3O2. The van der Waals surface area contributed by atoms with Crippen LogP contribution in [0.15, 0.2) is 29.3 Å². The van der Waals surface area contributed by atoms with Crippen molar-refractivity contribution in [1.82, 2.24) is 5.32 Å². The highest BCUT2D eigenvalue weighted by molar-refractivity contribution is 5.96. The minimum Gasteiger partial charge on any atom is -0.475 e. The van der Waals surface area contributed by atoms with E-state index < -0.39 is 0 Å². The van der Waals surface area contributed by atoms with Gasteiger partial charge in [-0.15, -0.1) is 0 Å². The summed E-state index contributed by atoms with van der Waals surface area (Å²) in [6.45, 7) is 8.50. The summed E-state index contributed by atoms with van der Waals surface area (Å²) in [4.78, 5) is 16.1. The number of carbonyl (C=O) groups is 1. The van der Waals surface area contributed by atoms with Crippen LogP contribution in [0.1, 0.15) is 33.3 Å². The molecule has 2 rings (SSSR count). The first-order valence-electron chi connectivity index (χ1n) is 6.76. The Morgan fingerprint density at radius 1 is 1.30 bits per heavy atom. The van der Waals surface area contributed by atoms with E-state index in [1.165, 1.54) is 0 Å². The van der Waals surface area contributed by atoms with Crippen molar-refractivity contribution in [3.8, 4) is 0 Å². The van der Waals surface area contributed by atoms with E-state index in [4.69, 9.17) is 4.74 Å². The second-order valence-corrected chi connectivity index (χ2v) is 5.85. The van der Waals surface area contributed by atoms with E-state index in [1.807, 2.05) is 52.0 Å². The minimum atomic E-state index is -0.205. The molecule has 0 fully saturated rings. The van der Waals surface area contributed by atoms with Gasteiger partial charge in [0, 0.05) is 17.3 Å². The number of aliphatic imine (C=N–C) groups is 1. The zero-order valence-electron chi connectivity index (χ0n) is 12.4. The fourth-order valence-corrected chi connectivity index (χ4v) is 1.86. The van der Waals surface area contributed by atoms with E-state index in [0.717, 1.165) is 11.3 Å². The van der Waals surface area contributed by atoms with Gasteiger partial charge in [0.05, 0.1) is 5.54 Å². The summed E-state index contributed by atoms with van der Waals surface area (Å²) in [5.74, 6) is 0.660. The predicted octanol–water partition coefficient (Wildman–Crippen LogP) is 2.77. The molecule has 1 aromatic rings. The summed E-state index contributed by atoms with van der Waals surface area (Å²) in [6.07, 6.45) is 0. The van der Waals surface area contributed by atoms with Crippen LogP contribution in [-0.2, 0) is 4.74 Å². The van der Waals surface area contributed by atoms with Crippen LogP contribution in [0.5, 0.6) is 0 Å². The topological polar surface area (TPSA) is 62.7 Å². The molecule has 0 saturated carbocycles. The third-order valence-electron chi connectivity index (χ3n) is 2.78. The molecule has 0 aromatic heterocycles. The lowest BCUT2D eigenvalue weighted by Gasteiger charge is -2.10. The molecular weight excluding hydrogens is 254 g/mol. The zero-order chi connectivity index (χ0) is 14.8. The van der Waals surface area contributed by atoms with Crippen molar-refractivity contribution >= 4 is 17.6 Å². The SMILES string of the molecule is CC(C)NC(=O)Nc1ccc(C2=NC(C)(C)CO2)cc1. The highest BCUT2D eigenvalue weighted by atomic mass is 16.5. The number of benzene rings is 1. The lowest BCUT2D eigenvalue weighted by atomic mass is 10.1. The van der Waals surface area contributed by atoms with Crippen LogP contribution in [0.3, 0.4) is 0 Å². The summed E-state index contributed by atoms with van der Waals surface area (Å²) >= 11 is 0. The molecule has 2 N–H and O–H groups in total. The van der Waals surface area contributed by atoms with E-state index >= 15 is 0 Å². The molecule has 0 aliphatic carbocycles. The Morgan fingerprint density at radius 3 is 2.45 bits per heavy atom. The predicted molar refractivity (Wildman–Crippen MR) is 80.3 cm³/mol. The lowest BCUT2D eigenvalue weighted by Crippen LogP contribution is -2.34. The first-order valence-corrected chi connectivity index (χ1v) is 6.76. The van der Waals surface area contributed by atoms with Crippen LogP contribution in [0, 0.1) is 0 Å². The summed E-state index contributed by atoms with van der Waals surface area (Å²) in [5.41, 5.74) is 1.50. The molecule has 1 heterocycles. The van der Waals surface area contributed by atoms with Crippen molar-refractivity contribution in [3.63, 3.8) is 0 Å². The number of hydrogen-bond donors (Lipinski definition) is 2. The van der Waals surface area contributed by atoms with Gasteiger partial charge in [-0.25, -0.2) is 9.79 Å². The van der Waals surface area contributed by atoms with Crippen molar-refractivity contribution in [1.29, 1.82) is 0 Å². The average molecular weight is 275 g/mol. The lowest BCUT2D eigenvalue weighted by molar-refractivity contribution is 0.250. The highest BCUT2D eigenvalue weighted by Gasteiger charge is 2.26. The molecule has 1 aliphatic heterocycles. The van der Waals surface area contributed by atoms with Crippen molar-refractivity contribution in [3.05, 3.63) is 29.8 Å². The normalized spacial score (nSPS) is 16.6. The molecule has 0 saturated heterocycles. The first kappa shape index (κ1) is 14.4. The molecule has 0 atom stereocenters. The number of urea groups is 1. The number of amides is 2. The van der Waals surface area contributed by atoms with Crippen molar-refractivity contribution < 1.29 is 9.53 Å². The van der Waals surface area contributed by atoms with Crippen molar-refractivity contribution in [2.75, 3.05) is 11.9 Å². The monoisotopic (exact) mass is 275 g/mol. The summed E-state index contributed by atoms with van der Waals surface area (Å²) < 4.78 is 5.58. The van der Waals surface area contributed by atoms with Gasteiger partial charge in [-0.1, -0.05) is 0 Å². The number of ether oxygens (including phenoxy) is 1. The summed E-state index contributed by atoms with van der Waals surface area (Å²) in [7, 11) is 0. The Bertz CT molecular complexity index is 518. The molecule has 5 nitrogen and oxygen atoms in total. The molecule has 0 unspecified atom stereocenters. The maximum Gasteiger partial charge on any atom is 0.319 e. The van der Waals surface area contributed by atoms with E-state index in [1.54, 1.807) is 0 Å². The fraction of sp³-hybridized carbons (Fsp3) is 0.467. The van der Waals surface area contributed by atoms with Gasteiger partial charge in [-0.2, -0.15) is 0 Å². The minimum absolute atomic E-state index is 0.109. The van der Waals surface area contributed by atoms with E-state index in [9.17, 15) is 4.79 Å². The Kier molecular flexibility index (Phi) is 3.97. The second-order valence-electron chi connectivity index (χ2n) is 5.85. The van der Waals surface area contributed by atoms with Crippen LogP contribution in [0.25, 0.3) is 0 Å². The maximum absolute atomic E-state index is 11.6. The molecule has 0 bridgehead atoms. The molecule has 0 radical (unpaired) electrons. The van der Waals surface area contributed by atoms with E-state index in [2.05, 4.69) is 15.6 Å². The molecule has 1 aliphatic rings. The number of nitrogens with zero attached hydrogens (tertiary/aromatic N) is 1. The summed E-state index contributed by atoms with van der Waals surface area (Å²) in [5, 5.41) is 5.55. The molecule has 0 spiro atoms. The smallest absolute Gasteiger partial charge is 0.319 e. The second kappa shape index (κ2) is 5.53. The number of nitrogens with one attached hydrogen (secondary N) is 2. The number of carbonyl (C=O) groups excluding carboxylic acids is 1. The van der Waals surface area contributed by atoms with Crippen LogP contribution in [0.4, 0.5) is 10.5 Å². The molecule has 108 valence electrons. The van der Waals surface area contributed by atoms with Gasteiger partial charge in [0.2, 0.25) is 5.90 Å². The first-order chi connectivity index (χ1) is 9.35. The van der Waals surface area contributed by atoms with Crippen LogP contribution in [-0.4, -0.2) is 30.1 Å². The average Bonchev–Trinajstić information content (AvgIpc) is 2.69. The third-order valence-corrected chi connectivity index (χ3v) is 2.78.